The number of pyridine rings is 1. The summed E-state index contributed by atoms with van der Waals surface area (Å²) in [5.74, 6) is 0. The van der Waals surface area contributed by atoms with Crippen molar-refractivity contribution in [1.29, 1.82) is 5.26 Å². The van der Waals surface area contributed by atoms with Crippen molar-refractivity contribution in [3.8, 4) is 28.3 Å². The van der Waals surface area contributed by atoms with Gasteiger partial charge in [0.2, 0.25) is 0 Å². The maximum absolute atomic E-state index is 9.51. The van der Waals surface area contributed by atoms with Crippen LogP contribution in [0.3, 0.4) is 0 Å². The summed E-state index contributed by atoms with van der Waals surface area (Å²) in [7, 11) is 1.91. The number of hydrogen-bond donors (Lipinski definition) is 1. The molecule has 0 saturated heterocycles. The van der Waals surface area contributed by atoms with Crippen molar-refractivity contribution in [3.63, 3.8) is 0 Å². The summed E-state index contributed by atoms with van der Waals surface area (Å²) in [6.45, 7) is 0. The molecule has 0 aliphatic heterocycles. The average Bonchev–Trinajstić information content (AvgIpc) is 3.44. The third-order valence-electron chi connectivity index (χ3n) is 7.13. The minimum absolute atomic E-state index is 0.218. The SMILES string of the molecule is Cn1cc(-c2cc(-c3cnn([C@]4(CC#N)CC5(C[C@H](N)C5)C4)c3)c3ccnn3c2)cn1. The molecule has 6 rings (SSSR count). The van der Waals surface area contributed by atoms with Gasteiger partial charge < -0.3 is 5.73 Å². The Balaban J connectivity index is 1.40. The first-order chi connectivity index (χ1) is 15.0. The molecule has 0 bridgehead atoms. The highest BCUT2D eigenvalue weighted by Crippen LogP contribution is 2.63. The van der Waals surface area contributed by atoms with Gasteiger partial charge in [0, 0.05) is 60.1 Å². The molecule has 156 valence electrons. The van der Waals surface area contributed by atoms with Crippen LogP contribution in [-0.2, 0) is 12.6 Å². The first-order valence-electron chi connectivity index (χ1n) is 10.6. The molecule has 2 aliphatic rings. The van der Waals surface area contributed by atoms with E-state index in [2.05, 4.69) is 28.5 Å². The molecule has 4 aromatic heterocycles. The maximum atomic E-state index is 9.51. The number of fused-ring (bicyclic) bond motifs is 1. The zero-order chi connectivity index (χ0) is 21.2. The molecule has 2 fully saturated rings. The molecule has 0 atom stereocenters. The summed E-state index contributed by atoms with van der Waals surface area (Å²) in [6.07, 6.45) is 16.3. The molecule has 0 amide bonds. The zero-order valence-electron chi connectivity index (χ0n) is 17.4. The van der Waals surface area contributed by atoms with Crippen LogP contribution < -0.4 is 5.73 Å². The second-order valence-electron chi connectivity index (χ2n) is 9.46. The second-order valence-corrected chi connectivity index (χ2v) is 9.46. The van der Waals surface area contributed by atoms with Gasteiger partial charge in [-0.15, -0.1) is 0 Å². The van der Waals surface area contributed by atoms with Crippen molar-refractivity contribution in [3.05, 3.63) is 49.3 Å². The van der Waals surface area contributed by atoms with Gasteiger partial charge in [-0.3, -0.25) is 9.36 Å². The van der Waals surface area contributed by atoms with Crippen LogP contribution >= 0.6 is 0 Å². The van der Waals surface area contributed by atoms with E-state index in [1.165, 1.54) is 0 Å². The molecule has 0 aromatic carbocycles. The van der Waals surface area contributed by atoms with Crippen LogP contribution in [0.25, 0.3) is 27.8 Å². The molecule has 0 radical (unpaired) electrons. The van der Waals surface area contributed by atoms with Gasteiger partial charge in [-0.2, -0.15) is 20.6 Å². The summed E-state index contributed by atoms with van der Waals surface area (Å²) in [4.78, 5) is 0. The molecule has 1 spiro atoms. The lowest BCUT2D eigenvalue weighted by Gasteiger charge is -2.62. The Kier molecular flexibility index (Phi) is 3.72. The molecule has 31 heavy (non-hydrogen) atoms. The van der Waals surface area contributed by atoms with Gasteiger partial charge in [-0.25, -0.2) is 4.52 Å². The fourth-order valence-electron chi connectivity index (χ4n) is 5.91. The number of nitrogens with two attached hydrogens (primary N) is 1. The minimum atomic E-state index is -0.218. The molecule has 2 saturated carbocycles. The quantitative estimate of drug-likeness (QED) is 0.555. The Hall–Kier alpha value is -3.44. The Morgan fingerprint density at radius 1 is 1.10 bits per heavy atom. The molecule has 2 aliphatic carbocycles. The molecule has 8 heteroatoms. The molecule has 4 aromatic rings. The summed E-state index contributed by atoms with van der Waals surface area (Å²) < 4.78 is 5.73. The van der Waals surface area contributed by atoms with E-state index in [0.29, 0.717) is 17.9 Å². The number of nitriles is 1. The molecular formula is C23H24N8. The van der Waals surface area contributed by atoms with Crippen LogP contribution in [0, 0.1) is 16.7 Å². The second kappa shape index (κ2) is 6.28. The fourth-order valence-corrected chi connectivity index (χ4v) is 5.91. The molecule has 0 unspecified atom stereocenters. The predicted octanol–water partition coefficient (Wildman–Crippen LogP) is 3.11. The van der Waals surface area contributed by atoms with Crippen molar-refractivity contribution in [2.45, 2.75) is 43.7 Å². The lowest BCUT2D eigenvalue weighted by Crippen LogP contribution is -2.61. The van der Waals surface area contributed by atoms with Crippen LogP contribution in [0.15, 0.2) is 49.3 Å². The third kappa shape index (κ3) is 2.73. The monoisotopic (exact) mass is 412 g/mol. The van der Waals surface area contributed by atoms with E-state index in [-0.39, 0.29) is 5.54 Å². The Morgan fingerprint density at radius 3 is 2.61 bits per heavy atom. The largest absolute Gasteiger partial charge is 0.328 e. The van der Waals surface area contributed by atoms with Gasteiger partial charge in [0.25, 0.3) is 0 Å². The number of nitrogens with zero attached hydrogens (tertiary/aromatic N) is 7. The highest BCUT2D eigenvalue weighted by Gasteiger charge is 2.60. The van der Waals surface area contributed by atoms with Crippen LogP contribution in [0.2, 0.25) is 0 Å². The normalized spacial score (nSPS) is 27.2. The first kappa shape index (κ1) is 18.3. The van der Waals surface area contributed by atoms with Crippen molar-refractivity contribution >= 4 is 5.52 Å². The number of hydrogen-bond acceptors (Lipinski definition) is 5. The first-order valence-corrected chi connectivity index (χ1v) is 10.6. The summed E-state index contributed by atoms with van der Waals surface area (Å²) in [5, 5.41) is 23.0. The Bertz CT molecular complexity index is 1320. The number of aryl methyl sites for hydroxylation is 1. The van der Waals surface area contributed by atoms with Gasteiger partial charge in [-0.1, -0.05) is 0 Å². The zero-order valence-corrected chi connectivity index (χ0v) is 17.4. The predicted molar refractivity (Wildman–Crippen MR) is 116 cm³/mol. The van der Waals surface area contributed by atoms with Gasteiger partial charge >= 0.3 is 0 Å². The minimum Gasteiger partial charge on any atom is -0.328 e. The van der Waals surface area contributed by atoms with Crippen molar-refractivity contribution in [2.75, 3.05) is 0 Å². The third-order valence-corrected chi connectivity index (χ3v) is 7.13. The van der Waals surface area contributed by atoms with Crippen molar-refractivity contribution in [1.82, 2.24) is 29.2 Å². The van der Waals surface area contributed by atoms with E-state index in [1.54, 1.807) is 4.68 Å². The van der Waals surface area contributed by atoms with Crippen LogP contribution in [0.5, 0.6) is 0 Å². The summed E-state index contributed by atoms with van der Waals surface area (Å²) >= 11 is 0. The average molecular weight is 413 g/mol. The lowest BCUT2D eigenvalue weighted by atomic mass is 9.46. The number of aromatic nitrogens is 6. The van der Waals surface area contributed by atoms with Gasteiger partial charge in [-0.05, 0) is 43.2 Å². The van der Waals surface area contributed by atoms with Crippen molar-refractivity contribution < 1.29 is 0 Å². The van der Waals surface area contributed by atoms with E-state index in [1.807, 2.05) is 53.3 Å². The summed E-state index contributed by atoms with van der Waals surface area (Å²) in [5.41, 5.74) is 11.4. The maximum Gasteiger partial charge on any atom is 0.0767 e. The highest BCUT2D eigenvalue weighted by molar-refractivity contribution is 5.83. The highest BCUT2D eigenvalue weighted by atomic mass is 15.3. The van der Waals surface area contributed by atoms with Crippen molar-refractivity contribution in [2.24, 2.45) is 18.2 Å². The van der Waals surface area contributed by atoms with Crippen LogP contribution in [-0.4, -0.2) is 35.2 Å². The molecule has 2 N–H and O–H groups in total. The van der Waals surface area contributed by atoms with Gasteiger partial charge in [0.05, 0.1) is 35.9 Å². The van der Waals surface area contributed by atoms with E-state index < -0.39 is 0 Å². The molecular weight excluding hydrogens is 388 g/mol. The Morgan fingerprint density at radius 2 is 1.90 bits per heavy atom. The van der Waals surface area contributed by atoms with E-state index in [0.717, 1.165) is 53.5 Å². The van der Waals surface area contributed by atoms with E-state index in [4.69, 9.17) is 10.8 Å². The number of rotatable bonds is 4. The van der Waals surface area contributed by atoms with Crippen LogP contribution in [0.4, 0.5) is 0 Å². The topological polar surface area (TPSA) is 103 Å². The van der Waals surface area contributed by atoms with Gasteiger partial charge in [0.1, 0.15) is 0 Å². The van der Waals surface area contributed by atoms with E-state index >= 15 is 0 Å². The Labute approximate surface area is 179 Å². The smallest absolute Gasteiger partial charge is 0.0767 e. The fraction of sp³-hybridized carbons (Fsp3) is 0.391. The molecule has 8 nitrogen and oxygen atoms in total. The van der Waals surface area contributed by atoms with Crippen LogP contribution in [0.1, 0.15) is 32.1 Å². The van der Waals surface area contributed by atoms with E-state index in [9.17, 15) is 5.26 Å². The summed E-state index contributed by atoms with van der Waals surface area (Å²) in [6, 6.07) is 6.90. The standard InChI is InChI=1S/C23H24N8/c1-29-11-17(9-27-29)16-6-20(21-2-5-26-30(21)12-16)18-10-28-31(13-18)23(3-4-24)14-22(15-23)7-19(25)8-22/h2,5-6,9-13,19H,3,7-8,14-15,25H2,1H3/t19-,22?,23-. The molecule has 4 heterocycles. The van der Waals surface area contributed by atoms with Gasteiger partial charge in [0.15, 0.2) is 0 Å². The lowest BCUT2D eigenvalue weighted by molar-refractivity contribution is -0.0993.